The lowest BCUT2D eigenvalue weighted by molar-refractivity contribution is -0.146. The zero-order valence-corrected chi connectivity index (χ0v) is 42.3. The Morgan fingerprint density at radius 1 is 0.807 bits per heavy atom. The van der Waals surface area contributed by atoms with Gasteiger partial charge in [-0.2, -0.15) is 0 Å². The van der Waals surface area contributed by atoms with Crippen LogP contribution in [-0.2, 0) is 22.9 Å². The number of aliphatic carboxylic acids is 1. The van der Waals surface area contributed by atoms with E-state index >= 15 is 0 Å². The van der Waals surface area contributed by atoms with E-state index in [0.29, 0.717) is 33.9 Å². The number of hydrogen-bond acceptors (Lipinski definition) is 6. The summed E-state index contributed by atoms with van der Waals surface area (Å²) in [5, 5.41) is 9.85. The summed E-state index contributed by atoms with van der Waals surface area (Å²) in [6.45, 7) is 39.0. The molecule has 0 saturated carbocycles. The minimum absolute atomic E-state index is 0.0324. The van der Waals surface area contributed by atoms with Gasteiger partial charge in [-0.15, -0.1) is 0 Å². The molecule has 6 radical (unpaired) electrons. The summed E-state index contributed by atoms with van der Waals surface area (Å²) < 4.78 is 20.0. The van der Waals surface area contributed by atoms with E-state index in [4.69, 9.17) is 13.3 Å². The summed E-state index contributed by atoms with van der Waals surface area (Å²) in [6, 6.07) is 5.97. The SMILES string of the molecule is CC[C@@H](C(=O)C(C)(C)[C@H](CC(=O)O)O[Si]C(C)(C)C(C)C)[C@@H](O[Si]C(C)(C)C(C)C)[C@@H](C)CCC/C(C)=C\C[C@H](O[Si]C(C)(C)C(C)C)/C(C)=C/c1ccccn1. The Kier molecular flexibility index (Phi) is 22.4. The fourth-order valence-electron chi connectivity index (χ4n) is 5.81. The number of rotatable bonds is 28. The number of hydrogen-bond donors (Lipinski definition) is 1. The van der Waals surface area contributed by atoms with Gasteiger partial charge in [0.05, 0.1) is 30.4 Å². The van der Waals surface area contributed by atoms with Crippen molar-refractivity contribution >= 4 is 47.1 Å². The highest BCUT2D eigenvalue weighted by molar-refractivity contribution is 6.33. The molecule has 5 atom stereocenters. The summed E-state index contributed by atoms with van der Waals surface area (Å²) >= 11 is 0. The van der Waals surface area contributed by atoms with Crippen molar-refractivity contribution in [2.45, 2.75) is 197 Å². The van der Waals surface area contributed by atoms with Crippen LogP contribution >= 0.6 is 0 Å². The first-order valence-electron chi connectivity index (χ1n) is 21.5. The van der Waals surface area contributed by atoms with Crippen molar-refractivity contribution in [3.8, 4) is 0 Å². The maximum atomic E-state index is 14.8. The lowest BCUT2D eigenvalue weighted by Crippen LogP contribution is -2.49. The van der Waals surface area contributed by atoms with Crippen molar-refractivity contribution < 1.29 is 28.0 Å². The van der Waals surface area contributed by atoms with E-state index in [9.17, 15) is 14.7 Å². The number of carbonyl (C=O) groups is 2. The van der Waals surface area contributed by atoms with Gasteiger partial charge in [-0.1, -0.05) is 128 Å². The minimum Gasteiger partial charge on any atom is -0.481 e. The maximum absolute atomic E-state index is 14.8. The highest BCUT2D eigenvalue weighted by Crippen LogP contribution is 2.40. The van der Waals surface area contributed by atoms with Crippen molar-refractivity contribution in [2.24, 2.45) is 35.0 Å². The molecular formula is C47H81NO6Si3. The number of nitrogens with zero attached hydrogens (tertiary/aromatic N) is 1. The van der Waals surface area contributed by atoms with Crippen LogP contribution in [0.3, 0.4) is 0 Å². The molecule has 0 spiro atoms. The van der Waals surface area contributed by atoms with Crippen LogP contribution in [0.4, 0.5) is 0 Å². The first-order chi connectivity index (χ1) is 26.2. The molecule has 10 heteroatoms. The van der Waals surface area contributed by atoms with Crippen molar-refractivity contribution in [3.63, 3.8) is 0 Å². The molecule has 1 aromatic rings. The van der Waals surface area contributed by atoms with Crippen LogP contribution in [0.2, 0.25) is 15.1 Å². The normalized spacial score (nSPS) is 16.6. The number of carbonyl (C=O) groups excluding carboxylic acids is 1. The molecule has 0 bridgehead atoms. The van der Waals surface area contributed by atoms with Gasteiger partial charge in [0.2, 0.25) is 29.3 Å². The number of carboxylic acids is 1. The Hall–Kier alpha value is -1.70. The molecule has 0 unspecified atom stereocenters. The molecule has 322 valence electrons. The number of carboxylic acid groups (broad SMARTS) is 1. The van der Waals surface area contributed by atoms with E-state index in [1.54, 1.807) is 0 Å². The molecule has 1 heterocycles. The molecule has 57 heavy (non-hydrogen) atoms. The molecular weight excluding hydrogens is 759 g/mol. The van der Waals surface area contributed by atoms with Gasteiger partial charge in [-0.05, 0) is 109 Å². The predicted octanol–water partition coefficient (Wildman–Crippen LogP) is 12.3. The van der Waals surface area contributed by atoms with E-state index in [2.05, 4.69) is 128 Å². The summed E-state index contributed by atoms with van der Waals surface area (Å²) in [5.74, 6) is 0.0897. The van der Waals surface area contributed by atoms with Gasteiger partial charge < -0.3 is 18.4 Å². The molecule has 0 aliphatic heterocycles. The van der Waals surface area contributed by atoms with Gasteiger partial charge in [0.25, 0.3) is 0 Å². The van der Waals surface area contributed by atoms with E-state index in [-0.39, 0.29) is 70.9 Å². The largest absolute Gasteiger partial charge is 0.481 e. The highest BCUT2D eigenvalue weighted by Gasteiger charge is 2.46. The summed E-state index contributed by atoms with van der Waals surface area (Å²) in [6.07, 6.45) is 9.26. The number of Topliss-reactive ketones (excluding diaryl/α,β-unsaturated/α-hetero) is 1. The smallest absolute Gasteiger partial charge is 0.305 e. The lowest BCUT2D eigenvalue weighted by atomic mass is 9.71. The molecule has 0 fully saturated rings. The molecule has 0 aromatic carbocycles. The fraction of sp³-hybridized carbons (Fsp3) is 0.766. The second-order valence-corrected chi connectivity index (χ2v) is 24.9. The van der Waals surface area contributed by atoms with Crippen molar-refractivity contribution in [2.75, 3.05) is 0 Å². The van der Waals surface area contributed by atoms with Gasteiger partial charge in [-0.3, -0.25) is 14.6 Å². The van der Waals surface area contributed by atoms with E-state index in [0.717, 1.165) is 31.4 Å². The Balaban J connectivity index is 3.31. The summed E-state index contributed by atoms with van der Waals surface area (Å²) in [7, 11) is 0.689. The van der Waals surface area contributed by atoms with E-state index in [1.807, 2.05) is 38.2 Å². The fourth-order valence-corrected chi connectivity index (χ4v) is 8.91. The molecule has 0 amide bonds. The van der Waals surface area contributed by atoms with Crippen LogP contribution in [0.1, 0.15) is 169 Å². The van der Waals surface area contributed by atoms with Gasteiger partial charge in [0.1, 0.15) is 5.78 Å². The zero-order chi connectivity index (χ0) is 43.9. The quantitative estimate of drug-likeness (QED) is 0.0663. The standard InChI is InChI=1S/C47H81NO6Si3/c1-19-38(43(51)44(11,12)40(30-41(49)50)53-56-46(15,16)32(4)5)42(54-57-47(17,18)33(6)7)35(9)24-22-23-34(8)26-27-39(52-55-45(13,14)31(2)3)36(10)29-37-25-20-21-28-48-37/h20-21,25-26,28-29,31-33,35,38-40,42H,19,22-24,27,30H2,1-18H3,(H,49,50)/b34-26-,36-29+/t35-,38+,39-,40-,42-/m0/s1. The molecule has 0 aliphatic carbocycles. The van der Waals surface area contributed by atoms with Crippen LogP contribution in [0.25, 0.3) is 6.08 Å². The predicted molar refractivity (Wildman–Crippen MR) is 243 cm³/mol. The van der Waals surface area contributed by atoms with Crippen LogP contribution < -0.4 is 0 Å². The molecule has 1 aromatic heterocycles. The van der Waals surface area contributed by atoms with E-state index < -0.39 is 17.5 Å². The topological polar surface area (TPSA) is 95.0 Å². The zero-order valence-electron chi connectivity index (χ0n) is 39.3. The molecule has 0 aliphatic rings. The Labute approximate surface area is 357 Å². The second kappa shape index (κ2) is 23.9. The Bertz CT molecular complexity index is 1420. The maximum Gasteiger partial charge on any atom is 0.305 e. The summed E-state index contributed by atoms with van der Waals surface area (Å²) in [5.41, 5.74) is 2.42. The number of pyridine rings is 1. The second-order valence-electron chi connectivity index (χ2n) is 19.7. The molecule has 7 nitrogen and oxygen atoms in total. The average molecular weight is 840 g/mol. The number of aromatic nitrogens is 1. The Morgan fingerprint density at radius 3 is 1.81 bits per heavy atom. The van der Waals surface area contributed by atoms with Crippen molar-refractivity contribution in [3.05, 3.63) is 47.3 Å². The van der Waals surface area contributed by atoms with Crippen LogP contribution in [0.5, 0.6) is 0 Å². The molecule has 1 rings (SSSR count). The van der Waals surface area contributed by atoms with Gasteiger partial charge in [0.15, 0.2) is 0 Å². The third-order valence-electron chi connectivity index (χ3n) is 12.7. The number of ketones is 1. The van der Waals surface area contributed by atoms with Gasteiger partial charge in [-0.25, -0.2) is 0 Å². The Morgan fingerprint density at radius 2 is 1.33 bits per heavy atom. The molecule has 0 saturated heterocycles. The van der Waals surface area contributed by atoms with Crippen molar-refractivity contribution in [1.29, 1.82) is 0 Å². The van der Waals surface area contributed by atoms with Gasteiger partial charge >= 0.3 is 5.97 Å². The highest BCUT2D eigenvalue weighted by atomic mass is 28.2. The first-order valence-corrected chi connectivity index (χ1v) is 24.2. The van der Waals surface area contributed by atoms with Crippen LogP contribution in [0, 0.1) is 35.0 Å². The molecule has 1 N–H and O–H groups in total. The lowest BCUT2D eigenvalue weighted by Gasteiger charge is -2.41. The first kappa shape index (κ1) is 53.3. The van der Waals surface area contributed by atoms with E-state index in [1.165, 1.54) is 11.1 Å². The van der Waals surface area contributed by atoms with Crippen molar-refractivity contribution in [1.82, 2.24) is 4.98 Å². The number of allylic oxidation sites excluding steroid dienone is 1. The summed E-state index contributed by atoms with van der Waals surface area (Å²) in [4.78, 5) is 31.4. The van der Waals surface area contributed by atoms with Crippen LogP contribution in [-0.4, -0.2) is 69.4 Å². The minimum atomic E-state index is -1.01. The monoisotopic (exact) mass is 840 g/mol. The third kappa shape index (κ3) is 17.8. The van der Waals surface area contributed by atoms with Gasteiger partial charge in [0, 0.05) is 17.5 Å². The third-order valence-corrected chi connectivity index (χ3v) is 17.2. The average Bonchev–Trinajstić information content (AvgIpc) is 3.11. The van der Waals surface area contributed by atoms with Crippen LogP contribution in [0.15, 0.2) is 41.6 Å².